The quantitative estimate of drug-likeness (QED) is 0.706. The number of benzene rings is 2. The molecule has 2 aromatic rings. The molecule has 8 rings (SSSR count). The highest BCUT2D eigenvalue weighted by atomic mass is 16.6. The van der Waals surface area contributed by atoms with Crippen LogP contribution in [-0.4, -0.2) is 50.0 Å². The minimum Gasteiger partial charge on any atom is -0.484 e. The van der Waals surface area contributed by atoms with Crippen molar-refractivity contribution in [2.75, 3.05) is 33.0 Å². The Labute approximate surface area is 196 Å². The van der Waals surface area contributed by atoms with Crippen LogP contribution in [-0.2, 0) is 27.9 Å². The predicted octanol–water partition coefficient (Wildman–Crippen LogP) is 3.93. The first-order valence-corrected chi connectivity index (χ1v) is 12.5. The maximum absolute atomic E-state index is 6.94. The molecule has 3 unspecified atom stereocenters. The fraction of sp³-hybridized carbons (Fsp3) is 0.571. The second-order valence-corrected chi connectivity index (χ2v) is 11.2. The summed E-state index contributed by atoms with van der Waals surface area (Å²) >= 11 is 0. The summed E-state index contributed by atoms with van der Waals surface area (Å²) in [7, 11) is 4.22. The fourth-order valence-electron chi connectivity index (χ4n) is 8.95. The highest BCUT2D eigenvalue weighted by molar-refractivity contribution is 5.68. The van der Waals surface area contributed by atoms with Crippen molar-refractivity contribution < 1.29 is 14.2 Å². The molecule has 2 aromatic carbocycles. The third kappa shape index (κ3) is 2.29. The number of nitrogens with two attached hydrogens (primary N) is 1. The van der Waals surface area contributed by atoms with E-state index < -0.39 is 0 Å². The first kappa shape index (κ1) is 20.3. The monoisotopic (exact) mass is 446 g/mol. The van der Waals surface area contributed by atoms with E-state index in [0.29, 0.717) is 25.2 Å². The lowest BCUT2D eigenvalue weighted by atomic mass is 9.35. The van der Waals surface area contributed by atoms with Crippen molar-refractivity contribution in [3.63, 3.8) is 0 Å². The van der Waals surface area contributed by atoms with Crippen LogP contribution in [0, 0.1) is 11.3 Å². The molecule has 4 bridgehead atoms. The summed E-state index contributed by atoms with van der Waals surface area (Å²) in [5.74, 6) is 1.27. The molecule has 174 valence electrons. The van der Waals surface area contributed by atoms with Gasteiger partial charge >= 0.3 is 0 Å². The summed E-state index contributed by atoms with van der Waals surface area (Å²) in [6.45, 7) is 2.45. The number of fused-ring (bicyclic) bond motifs is 2. The topological polar surface area (TPSA) is 57.0 Å². The van der Waals surface area contributed by atoms with Crippen molar-refractivity contribution in [1.82, 2.24) is 4.90 Å². The average molecular weight is 447 g/mol. The van der Waals surface area contributed by atoms with E-state index in [2.05, 4.69) is 54.4 Å². The van der Waals surface area contributed by atoms with Crippen LogP contribution in [0.25, 0.3) is 0 Å². The zero-order valence-corrected chi connectivity index (χ0v) is 19.7. The van der Waals surface area contributed by atoms with E-state index in [0.717, 1.165) is 43.7 Å². The van der Waals surface area contributed by atoms with Crippen LogP contribution in [0.4, 0.5) is 5.69 Å². The molecule has 4 aliphatic carbocycles. The molecule has 2 heterocycles. The van der Waals surface area contributed by atoms with Gasteiger partial charge in [-0.1, -0.05) is 36.4 Å². The largest absolute Gasteiger partial charge is 0.484 e. The Morgan fingerprint density at radius 1 is 1.12 bits per heavy atom. The van der Waals surface area contributed by atoms with Gasteiger partial charge in [-0.3, -0.25) is 0 Å². The maximum atomic E-state index is 6.94. The normalized spacial score (nSPS) is 39.9. The molecule has 4 fully saturated rings. The molecule has 2 N–H and O–H groups in total. The van der Waals surface area contributed by atoms with E-state index in [9.17, 15) is 0 Å². The second-order valence-electron chi connectivity index (χ2n) is 11.2. The Morgan fingerprint density at radius 3 is 2.79 bits per heavy atom. The summed E-state index contributed by atoms with van der Waals surface area (Å²) in [5, 5.41) is 0. The Balaban J connectivity index is 1.32. The van der Waals surface area contributed by atoms with Crippen LogP contribution in [0.5, 0.6) is 5.75 Å². The SMILES string of the molecule is COC12CCC3(C[C@@H]1COCc1ccccc1)[C@H]1Cc4ccc(N)c5c4C3(CCN1C)[C@H]2O5. The Kier molecular flexibility index (Phi) is 4.15. The van der Waals surface area contributed by atoms with Gasteiger partial charge in [0.05, 0.1) is 18.9 Å². The van der Waals surface area contributed by atoms with E-state index in [4.69, 9.17) is 19.9 Å². The first-order chi connectivity index (χ1) is 16.1. The smallest absolute Gasteiger partial charge is 0.147 e. The van der Waals surface area contributed by atoms with Gasteiger partial charge in [-0.25, -0.2) is 0 Å². The van der Waals surface area contributed by atoms with Gasteiger partial charge in [0.2, 0.25) is 0 Å². The number of likely N-dealkylation sites (tertiary alicyclic amines) is 1. The van der Waals surface area contributed by atoms with Gasteiger partial charge in [0.25, 0.3) is 0 Å². The molecule has 0 aromatic heterocycles. The molecule has 1 saturated heterocycles. The van der Waals surface area contributed by atoms with Crippen LogP contribution >= 0.6 is 0 Å². The van der Waals surface area contributed by atoms with Crippen LogP contribution in [0.3, 0.4) is 0 Å². The van der Waals surface area contributed by atoms with Crippen LogP contribution in [0.2, 0.25) is 0 Å². The van der Waals surface area contributed by atoms with E-state index in [-0.39, 0.29) is 22.5 Å². The summed E-state index contributed by atoms with van der Waals surface area (Å²) in [6, 6.07) is 15.3. The minimum absolute atomic E-state index is 0.00661. The number of likely N-dealkylation sites (N-methyl/N-ethyl adjacent to an activating group) is 1. The molecule has 6 atom stereocenters. The summed E-state index contributed by atoms with van der Waals surface area (Å²) in [6.07, 6.45) is 5.59. The van der Waals surface area contributed by atoms with Crippen LogP contribution in [0.15, 0.2) is 42.5 Å². The standard InChI is InChI=1S/C28H34N2O3/c1-30-13-12-27-23-19-8-9-21(29)24(23)33-25(27)28(31-2)11-10-26(27,22(30)14-19)15-20(28)17-32-16-18-6-4-3-5-7-18/h3-9,20,22,25H,10-17,29H2,1-2H3/t20-,22-,25-,26?,27?,28?/m1/s1. The lowest BCUT2D eigenvalue weighted by Gasteiger charge is -2.73. The lowest BCUT2D eigenvalue weighted by molar-refractivity contribution is -0.282. The van der Waals surface area contributed by atoms with Crippen molar-refractivity contribution in [3.05, 3.63) is 59.2 Å². The number of rotatable bonds is 5. The average Bonchev–Trinajstić information content (AvgIpc) is 3.21. The molecule has 2 aliphatic heterocycles. The Bertz CT molecular complexity index is 1110. The Morgan fingerprint density at radius 2 is 1.97 bits per heavy atom. The molecule has 5 nitrogen and oxygen atoms in total. The van der Waals surface area contributed by atoms with E-state index >= 15 is 0 Å². The van der Waals surface area contributed by atoms with Gasteiger partial charge < -0.3 is 24.8 Å². The van der Waals surface area contributed by atoms with E-state index in [1.807, 2.05) is 7.11 Å². The van der Waals surface area contributed by atoms with Crippen molar-refractivity contribution >= 4 is 5.69 Å². The zero-order chi connectivity index (χ0) is 22.4. The number of nitrogen functional groups attached to an aromatic ring is 1. The number of piperidine rings is 1. The number of hydrogen-bond donors (Lipinski definition) is 1. The van der Waals surface area contributed by atoms with Crippen LogP contribution < -0.4 is 10.5 Å². The number of methoxy groups -OCH3 is 1. The van der Waals surface area contributed by atoms with Crippen molar-refractivity contribution in [3.8, 4) is 5.75 Å². The highest BCUT2D eigenvalue weighted by Crippen LogP contribution is 2.76. The highest BCUT2D eigenvalue weighted by Gasteiger charge is 2.80. The van der Waals surface area contributed by atoms with Crippen molar-refractivity contribution in [2.45, 2.75) is 61.9 Å². The van der Waals surface area contributed by atoms with E-state index in [1.54, 1.807) is 0 Å². The van der Waals surface area contributed by atoms with Gasteiger partial charge in [-0.15, -0.1) is 0 Å². The number of ether oxygens (including phenoxy) is 3. The van der Waals surface area contributed by atoms with Gasteiger partial charge in [0, 0.05) is 35.5 Å². The Hall–Kier alpha value is -2.08. The maximum Gasteiger partial charge on any atom is 0.147 e. The summed E-state index contributed by atoms with van der Waals surface area (Å²) in [5.41, 5.74) is 11.3. The molecular weight excluding hydrogens is 412 g/mol. The number of hydrogen-bond acceptors (Lipinski definition) is 5. The predicted molar refractivity (Wildman–Crippen MR) is 127 cm³/mol. The number of anilines is 1. The molecule has 2 spiro atoms. The molecule has 6 aliphatic rings. The van der Waals surface area contributed by atoms with E-state index in [1.165, 1.54) is 23.1 Å². The van der Waals surface area contributed by atoms with Gasteiger partial charge in [0.1, 0.15) is 17.5 Å². The third-order valence-corrected chi connectivity index (χ3v) is 10.3. The molecule has 5 heteroatoms. The number of nitrogens with zero attached hydrogens (tertiary/aromatic N) is 1. The zero-order valence-electron chi connectivity index (χ0n) is 19.7. The third-order valence-electron chi connectivity index (χ3n) is 10.3. The molecule has 33 heavy (non-hydrogen) atoms. The summed E-state index contributed by atoms with van der Waals surface area (Å²) < 4.78 is 19.8. The molecule has 3 saturated carbocycles. The van der Waals surface area contributed by atoms with Crippen molar-refractivity contribution in [1.29, 1.82) is 0 Å². The van der Waals surface area contributed by atoms with Gasteiger partial charge in [-0.05, 0) is 62.9 Å². The van der Waals surface area contributed by atoms with Gasteiger partial charge in [0.15, 0.2) is 0 Å². The van der Waals surface area contributed by atoms with Crippen molar-refractivity contribution in [2.24, 2.45) is 11.3 Å². The molecule has 0 radical (unpaired) electrons. The minimum atomic E-state index is -0.334. The first-order valence-electron chi connectivity index (χ1n) is 12.5. The molecular formula is C28H34N2O3. The fourth-order valence-corrected chi connectivity index (χ4v) is 8.95. The van der Waals surface area contributed by atoms with Crippen LogP contribution in [0.1, 0.15) is 42.4 Å². The second kappa shape index (κ2) is 6.74. The molecule has 0 amide bonds. The van der Waals surface area contributed by atoms with Gasteiger partial charge in [-0.2, -0.15) is 0 Å². The lowest BCUT2D eigenvalue weighted by Crippen LogP contribution is -2.81. The summed E-state index contributed by atoms with van der Waals surface area (Å²) in [4.78, 5) is 2.63.